The fourth-order valence-electron chi connectivity index (χ4n) is 4.94. The second kappa shape index (κ2) is 15.7. The Balaban J connectivity index is 1.96. The topological polar surface area (TPSA) is 158 Å². The van der Waals surface area contributed by atoms with Crippen LogP contribution < -0.4 is 0 Å². The van der Waals surface area contributed by atoms with Crippen LogP contribution in [0.4, 0.5) is 17.6 Å². The second-order valence-corrected chi connectivity index (χ2v) is 15.3. The summed E-state index contributed by atoms with van der Waals surface area (Å²) in [6, 6.07) is 14.2. The molecule has 0 heterocycles. The van der Waals surface area contributed by atoms with Gasteiger partial charge in [0.2, 0.25) is 0 Å². The highest BCUT2D eigenvalue weighted by Gasteiger charge is 2.26. The second-order valence-electron chi connectivity index (χ2n) is 11.2. The summed E-state index contributed by atoms with van der Waals surface area (Å²) in [4.78, 5) is 38.3. The van der Waals surface area contributed by atoms with Gasteiger partial charge in [0.1, 0.15) is 13.2 Å². The van der Waals surface area contributed by atoms with Crippen LogP contribution in [-0.2, 0) is 43.5 Å². The van der Waals surface area contributed by atoms with Gasteiger partial charge >= 0.3 is 17.9 Å². The predicted octanol–water partition coefficient (Wildman–Crippen LogP) is 5.76. The van der Waals surface area contributed by atoms with E-state index in [1.54, 1.807) is 0 Å². The summed E-state index contributed by atoms with van der Waals surface area (Å²) < 4.78 is 116. The van der Waals surface area contributed by atoms with Crippen molar-refractivity contribution in [2.45, 2.75) is 16.7 Å². The van der Waals surface area contributed by atoms with Gasteiger partial charge in [0.05, 0.1) is 20.9 Å². The van der Waals surface area contributed by atoms with Crippen LogP contribution in [0.15, 0.2) is 94.7 Å². The number of carboxylic acids is 1. The number of aliphatic carboxylic acids is 1. The molecule has 16 heteroatoms. The van der Waals surface area contributed by atoms with Crippen molar-refractivity contribution in [3.63, 3.8) is 0 Å². The lowest BCUT2D eigenvalue weighted by atomic mass is 9.94. The molecule has 4 aromatic rings. The third-order valence-corrected chi connectivity index (χ3v) is 9.72. The Labute approximate surface area is 295 Å². The first-order valence-corrected chi connectivity index (χ1v) is 18.6. The normalized spacial score (nSPS) is 12.8. The molecule has 4 aromatic carbocycles. The number of hydrogen-bond acceptors (Lipinski definition) is 9. The van der Waals surface area contributed by atoms with Crippen molar-refractivity contribution in [1.29, 1.82) is 0 Å². The van der Waals surface area contributed by atoms with E-state index in [1.807, 2.05) is 0 Å². The van der Waals surface area contributed by atoms with Gasteiger partial charge in [-0.3, -0.25) is 4.79 Å². The molecule has 0 aromatic heterocycles. The lowest BCUT2D eigenvalue weighted by Gasteiger charge is -2.18. The van der Waals surface area contributed by atoms with Gasteiger partial charge in [-0.25, -0.2) is 44.0 Å². The number of hydrogen-bond donors (Lipinski definition) is 1. The zero-order valence-corrected chi connectivity index (χ0v) is 29.1. The van der Waals surface area contributed by atoms with E-state index in [-0.39, 0.29) is 43.2 Å². The Bertz CT molecular complexity index is 2350. The minimum atomic E-state index is -3.72. The number of esters is 2. The summed E-state index contributed by atoms with van der Waals surface area (Å²) >= 11 is 0. The van der Waals surface area contributed by atoms with E-state index in [0.717, 1.165) is 43.7 Å². The molecule has 0 bridgehead atoms. The fourth-order valence-corrected chi connectivity index (χ4v) is 6.20. The van der Waals surface area contributed by atoms with Crippen LogP contribution in [0.2, 0.25) is 0 Å². The van der Waals surface area contributed by atoms with Crippen LogP contribution in [0.25, 0.3) is 22.3 Å². The monoisotopic (exact) mass is 760 g/mol. The zero-order chi connectivity index (χ0) is 38.5. The molecule has 52 heavy (non-hydrogen) atoms. The van der Waals surface area contributed by atoms with Gasteiger partial charge in [-0.2, -0.15) is 0 Å². The summed E-state index contributed by atoms with van der Waals surface area (Å²) in [6.07, 6.45) is 1.88. The molecule has 0 saturated carbocycles. The minimum absolute atomic E-state index is 0.0165. The summed E-state index contributed by atoms with van der Waals surface area (Å²) in [5.41, 5.74) is -2.24. The molecule has 0 saturated heterocycles. The summed E-state index contributed by atoms with van der Waals surface area (Å²) in [7, 11) is -7.40. The van der Waals surface area contributed by atoms with Gasteiger partial charge in [0.25, 0.3) is 0 Å². The van der Waals surface area contributed by atoms with Crippen molar-refractivity contribution >= 4 is 59.9 Å². The van der Waals surface area contributed by atoms with Gasteiger partial charge in [-0.05, 0) is 70.8 Å². The Morgan fingerprint density at radius 3 is 1.29 bits per heavy atom. The lowest BCUT2D eigenvalue weighted by molar-refractivity contribution is -0.139. The van der Waals surface area contributed by atoms with Gasteiger partial charge in [0, 0.05) is 30.6 Å². The molecule has 272 valence electrons. The van der Waals surface area contributed by atoms with Crippen LogP contribution in [0.3, 0.4) is 0 Å². The Kier molecular flexibility index (Phi) is 11.9. The van der Waals surface area contributed by atoms with Crippen LogP contribution in [-0.4, -0.2) is 65.6 Å². The van der Waals surface area contributed by atoms with Gasteiger partial charge in [-0.1, -0.05) is 36.4 Å². The number of ether oxygens (including phenoxy) is 2. The third-order valence-electron chi connectivity index (χ3n) is 7.47. The maximum absolute atomic E-state index is 14.6. The standard InChI is InChI=1S/C36H28F4O10S2/c1-20(41)49-18-28(22-6-12-26(13-7-22)52(3,47)48)34(24-9-15-30(38)32(40)17-24)36(44)50-19-27(21-4-10-25(11-5-21)51(2,45)46)33(35(42)43)23-8-14-29(37)31(39)16-23/h4-17H,18-19H2,1-3H3,(H,42,43)/b33-27-,34-28-. The molecule has 0 aliphatic heterocycles. The highest BCUT2D eigenvalue weighted by Crippen LogP contribution is 2.33. The van der Waals surface area contributed by atoms with Crippen molar-refractivity contribution in [3.8, 4) is 0 Å². The number of sulfone groups is 2. The average Bonchev–Trinajstić information content (AvgIpc) is 3.06. The van der Waals surface area contributed by atoms with Crippen molar-refractivity contribution in [2.75, 3.05) is 25.7 Å². The van der Waals surface area contributed by atoms with Crippen LogP contribution in [0.1, 0.15) is 29.2 Å². The van der Waals surface area contributed by atoms with Crippen molar-refractivity contribution in [2.24, 2.45) is 0 Å². The van der Waals surface area contributed by atoms with E-state index in [0.29, 0.717) is 24.3 Å². The number of benzene rings is 4. The average molecular weight is 761 g/mol. The Morgan fingerprint density at radius 2 is 0.923 bits per heavy atom. The number of rotatable bonds is 12. The van der Waals surface area contributed by atoms with Gasteiger partial charge < -0.3 is 14.6 Å². The number of carboxylic acid groups (broad SMARTS) is 1. The molecular formula is C36H28F4O10S2. The molecule has 0 unspecified atom stereocenters. The van der Waals surface area contributed by atoms with Crippen molar-refractivity contribution in [1.82, 2.24) is 0 Å². The molecule has 1 N–H and O–H groups in total. The molecule has 4 rings (SSSR count). The predicted molar refractivity (Wildman–Crippen MR) is 181 cm³/mol. The minimum Gasteiger partial charge on any atom is -0.478 e. The first kappa shape index (κ1) is 39.2. The Morgan fingerprint density at radius 1 is 0.558 bits per heavy atom. The first-order valence-electron chi connectivity index (χ1n) is 14.8. The van der Waals surface area contributed by atoms with E-state index >= 15 is 0 Å². The molecule has 0 fully saturated rings. The maximum Gasteiger partial charge on any atom is 0.339 e. The molecule has 0 atom stereocenters. The van der Waals surface area contributed by atoms with E-state index in [4.69, 9.17) is 9.47 Å². The van der Waals surface area contributed by atoms with E-state index in [9.17, 15) is 53.9 Å². The molecule has 0 amide bonds. The number of halogens is 4. The highest BCUT2D eigenvalue weighted by molar-refractivity contribution is 7.91. The van der Waals surface area contributed by atoms with E-state index in [2.05, 4.69) is 0 Å². The lowest BCUT2D eigenvalue weighted by Crippen LogP contribution is -2.16. The molecule has 0 aliphatic rings. The van der Waals surface area contributed by atoms with Crippen molar-refractivity contribution < 1.29 is 63.4 Å². The van der Waals surface area contributed by atoms with Crippen LogP contribution in [0.5, 0.6) is 0 Å². The maximum atomic E-state index is 14.6. The van der Waals surface area contributed by atoms with Crippen molar-refractivity contribution in [3.05, 3.63) is 130 Å². The number of carbonyl (C=O) groups excluding carboxylic acids is 2. The van der Waals surface area contributed by atoms with E-state index < -0.39 is 85.2 Å². The third kappa shape index (κ3) is 9.38. The van der Waals surface area contributed by atoms with Gasteiger partial charge in [0.15, 0.2) is 42.9 Å². The molecular weight excluding hydrogens is 733 g/mol. The molecule has 10 nitrogen and oxygen atoms in total. The van der Waals surface area contributed by atoms with E-state index in [1.165, 1.54) is 36.4 Å². The largest absolute Gasteiger partial charge is 0.478 e. The summed E-state index contributed by atoms with van der Waals surface area (Å²) in [5.74, 6) is -9.16. The molecule has 0 aliphatic carbocycles. The van der Waals surface area contributed by atoms with Crippen LogP contribution in [0, 0.1) is 23.3 Å². The van der Waals surface area contributed by atoms with Gasteiger partial charge in [-0.15, -0.1) is 0 Å². The zero-order valence-electron chi connectivity index (χ0n) is 27.4. The highest BCUT2D eigenvalue weighted by atomic mass is 32.2. The summed E-state index contributed by atoms with van der Waals surface area (Å²) in [5, 5.41) is 10.3. The fraction of sp³-hybridized carbons (Fsp3) is 0.139. The SMILES string of the molecule is CC(=O)OC/C(=C(/C(=O)OC/C(=C(/C(=O)O)c1ccc(F)c(F)c1)c1ccc(S(C)(=O)=O)cc1)c1ccc(F)c(F)c1)c1ccc(S(C)(=O)=O)cc1. The van der Waals surface area contributed by atoms with Crippen LogP contribution >= 0.6 is 0 Å². The Hall–Kier alpha value is -5.61. The molecule has 0 radical (unpaired) electrons. The quantitative estimate of drug-likeness (QED) is 0.0815. The molecule has 0 spiro atoms. The first-order chi connectivity index (χ1) is 24.3. The smallest absolute Gasteiger partial charge is 0.339 e. The number of carbonyl (C=O) groups is 3. The summed E-state index contributed by atoms with van der Waals surface area (Å²) in [6.45, 7) is -0.543.